The Morgan fingerprint density at radius 2 is 1.50 bits per heavy atom. The number of hydrogen-bond acceptors (Lipinski definition) is 3. The van der Waals surface area contributed by atoms with Crippen LogP contribution in [0.1, 0.15) is 57.1 Å². The van der Waals surface area contributed by atoms with Gasteiger partial charge in [-0.1, -0.05) is 38.1 Å². The first-order valence-electron chi connectivity index (χ1n) is 11.8. The van der Waals surface area contributed by atoms with Crippen molar-refractivity contribution in [1.29, 1.82) is 0 Å². The Morgan fingerprint density at radius 3 is 2.10 bits per heavy atom. The minimum Gasteiger partial charge on any atom is -0.352 e. The summed E-state index contributed by atoms with van der Waals surface area (Å²) in [5, 5.41) is 3.11. The van der Waals surface area contributed by atoms with E-state index in [1.807, 2.05) is 4.90 Å². The second kappa shape index (κ2) is 9.51. The fraction of sp³-hybridized carbons (Fsp3) is 0.680. The van der Waals surface area contributed by atoms with Gasteiger partial charge in [0, 0.05) is 51.1 Å². The van der Waals surface area contributed by atoms with E-state index in [-0.39, 0.29) is 17.7 Å². The van der Waals surface area contributed by atoms with Gasteiger partial charge in [-0.25, -0.2) is 0 Å². The van der Waals surface area contributed by atoms with Gasteiger partial charge in [0.05, 0.1) is 0 Å². The average molecular weight is 412 g/mol. The van der Waals surface area contributed by atoms with E-state index in [2.05, 4.69) is 48.3 Å². The standard InChI is InChI=1S/C25H37N3O2/c1-18-13-19(2)16-27(15-18)17-21-5-3-20(4-6-21)14-26-24(29)22-9-11-28(12-10-22)25(30)23-7-8-23/h3-6,18-19,22-23H,7-17H2,1-2H3,(H,26,29). The minimum absolute atomic E-state index is 0.0376. The molecule has 4 rings (SSSR count). The molecule has 0 radical (unpaired) electrons. The van der Waals surface area contributed by atoms with Crippen molar-refractivity contribution in [3.05, 3.63) is 35.4 Å². The van der Waals surface area contributed by atoms with Gasteiger partial charge in [-0.15, -0.1) is 0 Å². The fourth-order valence-electron chi connectivity index (χ4n) is 5.23. The lowest BCUT2D eigenvalue weighted by atomic mass is 9.91. The molecule has 2 amide bonds. The van der Waals surface area contributed by atoms with Gasteiger partial charge in [0.2, 0.25) is 11.8 Å². The Hall–Kier alpha value is -1.88. The van der Waals surface area contributed by atoms with Crippen LogP contribution >= 0.6 is 0 Å². The molecule has 1 aromatic carbocycles. The minimum atomic E-state index is 0.0376. The van der Waals surface area contributed by atoms with Crippen LogP contribution in [0.3, 0.4) is 0 Å². The molecule has 5 heteroatoms. The van der Waals surface area contributed by atoms with Crippen molar-refractivity contribution in [3.63, 3.8) is 0 Å². The van der Waals surface area contributed by atoms with E-state index in [9.17, 15) is 9.59 Å². The topological polar surface area (TPSA) is 52.7 Å². The molecule has 164 valence electrons. The zero-order valence-electron chi connectivity index (χ0n) is 18.6. The summed E-state index contributed by atoms with van der Waals surface area (Å²) in [6.07, 6.45) is 5.01. The van der Waals surface area contributed by atoms with Gasteiger partial charge in [-0.05, 0) is 55.1 Å². The van der Waals surface area contributed by atoms with Crippen molar-refractivity contribution in [3.8, 4) is 0 Å². The Bertz CT molecular complexity index is 725. The quantitative estimate of drug-likeness (QED) is 0.780. The predicted octanol–water partition coefficient (Wildman–Crippen LogP) is 3.43. The molecular formula is C25H37N3O2. The van der Waals surface area contributed by atoms with Crippen LogP contribution in [-0.4, -0.2) is 47.8 Å². The lowest BCUT2D eigenvalue weighted by molar-refractivity contribution is -0.136. The molecule has 2 aliphatic heterocycles. The number of nitrogens with zero attached hydrogens (tertiary/aromatic N) is 2. The monoisotopic (exact) mass is 411 g/mol. The van der Waals surface area contributed by atoms with Gasteiger partial charge in [-0.2, -0.15) is 0 Å². The summed E-state index contributed by atoms with van der Waals surface area (Å²) in [7, 11) is 0. The maximum Gasteiger partial charge on any atom is 0.225 e. The van der Waals surface area contributed by atoms with E-state index in [1.54, 1.807) is 0 Å². The van der Waals surface area contributed by atoms with Crippen molar-refractivity contribution in [2.45, 2.75) is 59.0 Å². The fourth-order valence-corrected chi connectivity index (χ4v) is 5.23. The highest BCUT2D eigenvalue weighted by molar-refractivity contribution is 5.82. The number of hydrogen-bond donors (Lipinski definition) is 1. The van der Waals surface area contributed by atoms with Gasteiger partial charge >= 0.3 is 0 Å². The van der Waals surface area contributed by atoms with Gasteiger partial charge in [0.25, 0.3) is 0 Å². The molecule has 5 nitrogen and oxygen atoms in total. The number of amides is 2. The third-order valence-corrected chi connectivity index (χ3v) is 6.94. The maximum absolute atomic E-state index is 12.6. The van der Waals surface area contributed by atoms with Crippen molar-refractivity contribution in [2.75, 3.05) is 26.2 Å². The highest BCUT2D eigenvalue weighted by Crippen LogP contribution is 2.32. The first-order chi connectivity index (χ1) is 14.5. The normalized spacial score (nSPS) is 25.9. The number of likely N-dealkylation sites (tertiary alicyclic amines) is 2. The van der Waals surface area contributed by atoms with E-state index in [0.29, 0.717) is 12.5 Å². The summed E-state index contributed by atoms with van der Waals surface area (Å²) in [5.41, 5.74) is 2.49. The largest absolute Gasteiger partial charge is 0.352 e. The van der Waals surface area contributed by atoms with Crippen LogP contribution in [0.2, 0.25) is 0 Å². The number of rotatable bonds is 6. The van der Waals surface area contributed by atoms with Crippen LogP contribution in [0.25, 0.3) is 0 Å². The first-order valence-corrected chi connectivity index (χ1v) is 11.8. The van der Waals surface area contributed by atoms with Crippen LogP contribution in [0.15, 0.2) is 24.3 Å². The molecule has 0 spiro atoms. The molecule has 1 saturated carbocycles. The summed E-state index contributed by atoms with van der Waals surface area (Å²) >= 11 is 0. The number of piperidine rings is 2. The number of carbonyl (C=O) groups is 2. The van der Waals surface area contributed by atoms with Crippen LogP contribution in [0.5, 0.6) is 0 Å². The third-order valence-electron chi connectivity index (χ3n) is 6.94. The van der Waals surface area contributed by atoms with Gasteiger partial charge in [0.1, 0.15) is 0 Å². The molecule has 2 heterocycles. The van der Waals surface area contributed by atoms with Crippen molar-refractivity contribution >= 4 is 11.8 Å². The van der Waals surface area contributed by atoms with E-state index in [1.165, 1.54) is 25.1 Å². The van der Waals surface area contributed by atoms with Gasteiger partial charge < -0.3 is 10.2 Å². The van der Waals surface area contributed by atoms with E-state index >= 15 is 0 Å². The summed E-state index contributed by atoms with van der Waals surface area (Å²) < 4.78 is 0. The van der Waals surface area contributed by atoms with E-state index in [4.69, 9.17) is 0 Å². The molecular weight excluding hydrogens is 374 g/mol. The maximum atomic E-state index is 12.6. The lowest BCUT2D eigenvalue weighted by Crippen LogP contribution is -2.43. The molecule has 1 aliphatic carbocycles. The van der Waals surface area contributed by atoms with E-state index in [0.717, 1.165) is 62.7 Å². The SMILES string of the molecule is CC1CC(C)CN(Cc2ccc(CNC(=O)C3CCN(C(=O)C4CC4)CC3)cc2)C1. The second-order valence-electron chi connectivity index (χ2n) is 10.0. The van der Waals surface area contributed by atoms with Crippen molar-refractivity contribution in [2.24, 2.45) is 23.7 Å². The number of benzene rings is 1. The molecule has 3 aliphatic rings. The van der Waals surface area contributed by atoms with E-state index < -0.39 is 0 Å². The molecule has 1 aromatic rings. The van der Waals surface area contributed by atoms with Crippen LogP contribution in [0, 0.1) is 23.7 Å². The van der Waals surface area contributed by atoms with Gasteiger partial charge in [0.15, 0.2) is 0 Å². The predicted molar refractivity (Wildman–Crippen MR) is 119 cm³/mol. The zero-order valence-corrected chi connectivity index (χ0v) is 18.6. The van der Waals surface area contributed by atoms with Gasteiger partial charge in [-0.3, -0.25) is 14.5 Å². The molecule has 0 aromatic heterocycles. The molecule has 2 saturated heterocycles. The molecule has 2 unspecified atom stereocenters. The smallest absolute Gasteiger partial charge is 0.225 e. The summed E-state index contributed by atoms with van der Waals surface area (Å²) in [5.74, 6) is 2.32. The molecule has 3 fully saturated rings. The Balaban J connectivity index is 1.19. The number of nitrogens with one attached hydrogen (secondary N) is 1. The van der Waals surface area contributed by atoms with Crippen LogP contribution < -0.4 is 5.32 Å². The molecule has 30 heavy (non-hydrogen) atoms. The Labute approximate surface area is 181 Å². The first kappa shape index (κ1) is 21.4. The summed E-state index contributed by atoms with van der Waals surface area (Å²) in [6, 6.07) is 8.69. The molecule has 0 bridgehead atoms. The van der Waals surface area contributed by atoms with Crippen LogP contribution in [-0.2, 0) is 22.7 Å². The summed E-state index contributed by atoms with van der Waals surface area (Å²) in [4.78, 5) is 29.2. The van der Waals surface area contributed by atoms with Crippen molar-refractivity contribution < 1.29 is 9.59 Å². The Kier molecular flexibility index (Phi) is 6.77. The van der Waals surface area contributed by atoms with Crippen LogP contribution in [0.4, 0.5) is 0 Å². The highest BCUT2D eigenvalue weighted by atomic mass is 16.2. The van der Waals surface area contributed by atoms with Crippen molar-refractivity contribution in [1.82, 2.24) is 15.1 Å². The third kappa shape index (κ3) is 5.63. The molecule has 2 atom stereocenters. The molecule has 1 N–H and O–H groups in total. The summed E-state index contributed by atoms with van der Waals surface area (Å²) in [6.45, 7) is 10.1. The average Bonchev–Trinajstić information content (AvgIpc) is 3.57. The Morgan fingerprint density at radius 1 is 0.900 bits per heavy atom. The lowest BCUT2D eigenvalue weighted by Gasteiger charge is -2.35. The second-order valence-corrected chi connectivity index (χ2v) is 10.0. The highest BCUT2D eigenvalue weighted by Gasteiger charge is 2.35. The number of carbonyl (C=O) groups excluding carboxylic acids is 2. The zero-order chi connectivity index (χ0) is 21.1.